The maximum Gasteiger partial charge on any atom is 0.104 e. The van der Waals surface area contributed by atoms with Gasteiger partial charge in [0.15, 0.2) is 0 Å². The van der Waals surface area contributed by atoms with Gasteiger partial charge in [-0.15, -0.1) is 0 Å². The highest BCUT2D eigenvalue weighted by molar-refractivity contribution is 5.84. The van der Waals surface area contributed by atoms with Gasteiger partial charge in [0.25, 0.3) is 0 Å². The molecule has 0 aromatic carbocycles. The van der Waals surface area contributed by atoms with Gasteiger partial charge >= 0.3 is 0 Å². The van der Waals surface area contributed by atoms with E-state index in [0.717, 1.165) is 6.42 Å². The second-order valence-corrected chi connectivity index (χ2v) is 3.71. The molecule has 0 aliphatic carbocycles. The van der Waals surface area contributed by atoms with Crippen LogP contribution >= 0.6 is 0 Å². The highest BCUT2D eigenvalue weighted by Gasteiger charge is 2.16. The van der Waals surface area contributed by atoms with Gasteiger partial charge in [-0.2, -0.15) is 0 Å². The van der Waals surface area contributed by atoms with Crippen LogP contribution in [-0.4, -0.2) is 23.8 Å². The molecule has 12 heavy (non-hydrogen) atoms. The second-order valence-electron chi connectivity index (χ2n) is 3.71. The summed E-state index contributed by atoms with van der Waals surface area (Å²) in [5.74, 6) is 1.32. The number of hydrogen-bond acceptors (Lipinski definition) is 2. The normalized spacial score (nSPS) is 23.9. The van der Waals surface area contributed by atoms with Crippen LogP contribution in [0.3, 0.4) is 0 Å². The van der Waals surface area contributed by atoms with Crippen molar-refractivity contribution in [3.05, 3.63) is 11.8 Å². The molecule has 0 radical (unpaired) electrons. The zero-order chi connectivity index (χ0) is 8.39. The molecule has 0 amide bonds. The Morgan fingerprint density at radius 1 is 1.25 bits per heavy atom. The minimum Gasteiger partial charge on any atom is -0.360 e. The van der Waals surface area contributed by atoms with Gasteiger partial charge in [-0.3, -0.25) is 0 Å². The third kappa shape index (κ3) is 1.52. The summed E-state index contributed by atoms with van der Waals surface area (Å²) in [5.41, 5.74) is 1.41. The van der Waals surface area contributed by atoms with E-state index in [2.05, 4.69) is 16.8 Å². The number of aliphatic imine (C=N–C) groups is 1. The Kier molecular flexibility index (Phi) is 2.15. The molecule has 0 atom stereocenters. The molecule has 0 saturated carbocycles. The van der Waals surface area contributed by atoms with Gasteiger partial charge in [0.05, 0.1) is 0 Å². The molecule has 0 aromatic heterocycles. The quantitative estimate of drug-likeness (QED) is 0.536. The van der Waals surface area contributed by atoms with E-state index in [-0.39, 0.29) is 0 Å². The molecule has 1 fully saturated rings. The van der Waals surface area contributed by atoms with Crippen LogP contribution in [0.4, 0.5) is 0 Å². The Balaban J connectivity index is 2.04. The Hall–Kier alpha value is -0.790. The fourth-order valence-electron chi connectivity index (χ4n) is 1.84. The molecule has 1 saturated heterocycles. The Labute approximate surface area is 74.0 Å². The predicted octanol–water partition coefficient (Wildman–Crippen LogP) is 2.18. The molecule has 0 unspecified atom stereocenters. The monoisotopic (exact) mass is 164 g/mol. The molecule has 2 heterocycles. The van der Waals surface area contributed by atoms with E-state index in [9.17, 15) is 0 Å². The van der Waals surface area contributed by atoms with Gasteiger partial charge in [-0.05, 0) is 26.2 Å². The first-order chi connectivity index (χ1) is 5.86. The number of allylic oxidation sites excluding steroid dienone is 1. The van der Waals surface area contributed by atoms with Crippen molar-refractivity contribution in [1.29, 1.82) is 0 Å². The molecule has 0 N–H and O–H groups in total. The molecule has 0 spiro atoms. The maximum atomic E-state index is 4.47. The standard InChI is InChI=1S/C10H16N2/c1-9-4-5-10(11-8-9)12-6-2-3-7-12/h8H,2-7H2,1H3. The first-order valence-electron chi connectivity index (χ1n) is 4.83. The zero-order valence-corrected chi connectivity index (χ0v) is 7.71. The lowest BCUT2D eigenvalue weighted by Crippen LogP contribution is -2.28. The summed E-state index contributed by atoms with van der Waals surface area (Å²) >= 11 is 0. The number of nitrogens with zero attached hydrogens (tertiary/aromatic N) is 2. The van der Waals surface area contributed by atoms with Crippen LogP contribution in [0.1, 0.15) is 32.6 Å². The molecule has 0 bridgehead atoms. The predicted molar refractivity (Wildman–Crippen MR) is 51.2 cm³/mol. The second kappa shape index (κ2) is 3.30. The Bertz CT molecular complexity index is 222. The van der Waals surface area contributed by atoms with Gasteiger partial charge in [0.2, 0.25) is 0 Å². The van der Waals surface area contributed by atoms with Gasteiger partial charge in [-0.1, -0.05) is 5.57 Å². The molecule has 2 rings (SSSR count). The van der Waals surface area contributed by atoms with Crippen molar-refractivity contribution in [3.63, 3.8) is 0 Å². The van der Waals surface area contributed by atoms with E-state index < -0.39 is 0 Å². The first-order valence-corrected chi connectivity index (χ1v) is 4.83. The van der Waals surface area contributed by atoms with Crippen LogP contribution in [0.2, 0.25) is 0 Å². The minimum atomic E-state index is 1.16. The van der Waals surface area contributed by atoms with E-state index in [4.69, 9.17) is 0 Å². The van der Waals surface area contributed by atoms with Gasteiger partial charge in [0.1, 0.15) is 5.84 Å². The minimum absolute atomic E-state index is 1.16. The third-order valence-corrected chi connectivity index (χ3v) is 2.65. The molecule has 2 aliphatic heterocycles. The average Bonchev–Trinajstić information content (AvgIpc) is 2.58. The molecule has 2 heteroatoms. The molecule has 2 nitrogen and oxygen atoms in total. The van der Waals surface area contributed by atoms with Gasteiger partial charge in [0, 0.05) is 25.7 Å². The Morgan fingerprint density at radius 3 is 2.58 bits per heavy atom. The van der Waals surface area contributed by atoms with Crippen LogP contribution in [0.5, 0.6) is 0 Å². The lowest BCUT2D eigenvalue weighted by atomic mass is 10.1. The van der Waals surface area contributed by atoms with E-state index in [1.54, 1.807) is 0 Å². The summed E-state index contributed by atoms with van der Waals surface area (Å²) in [6, 6.07) is 0. The topological polar surface area (TPSA) is 15.6 Å². The highest BCUT2D eigenvalue weighted by atomic mass is 15.2. The average molecular weight is 164 g/mol. The number of rotatable bonds is 0. The van der Waals surface area contributed by atoms with E-state index in [1.165, 1.54) is 43.8 Å². The van der Waals surface area contributed by atoms with Crippen molar-refractivity contribution in [2.75, 3.05) is 13.1 Å². The van der Waals surface area contributed by atoms with Crippen LogP contribution in [-0.2, 0) is 0 Å². The third-order valence-electron chi connectivity index (χ3n) is 2.65. The zero-order valence-electron chi connectivity index (χ0n) is 7.71. The summed E-state index contributed by atoms with van der Waals surface area (Å²) < 4.78 is 0. The lowest BCUT2D eigenvalue weighted by molar-refractivity contribution is 0.503. The van der Waals surface area contributed by atoms with Crippen LogP contribution < -0.4 is 0 Å². The largest absolute Gasteiger partial charge is 0.360 e. The molecule has 0 aromatic rings. The fourth-order valence-corrected chi connectivity index (χ4v) is 1.84. The van der Waals surface area contributed by atoms with E-state index in [1.807, 2.05) is 6.20 Å². The summed E-state index contributed by atoms with van der Waals surface area (Å²) in [5, 5.41) is 0. The summed E-state index contributed by atoms with van der Waals surface area (Å²) in [6.45, 7) is 4.61. The first kappa shape index (κ1) is 7.84. The molecular formula is C10H16N2. The van der Waals surface area contributed by atoms with Crippen molar-refractivity contribution in [1.82, 2.24) is 4.90 Å². The van der Waals surface area contributed by atoms with E-state index >= 15 is 0 Å². The van der Waals surface area contributed by atoms with Crippen LogP contribution in [0.25, 0.3) is 0 Å². The lowest BCUT2D eigenvalue weighted by Gasteiger charge is -2.21. The summed E-state index contributed by atoms with van der Waals surface area (Å²) in [6.07, 6.45) is 7.08. The van der Waals surface area contributed by atoms with Crippen LogP contribution in [0.15, 0.2) is 16.8 Å². The Morgan fingerprint density at radius 2 is 2.00 bits per heavy atom. The van der Waals surface area contributed by atoms with Crippen molar-refractivity contribution in [2.45, 2.75) is 32.6 Å². The van der Waals surface area contributed by atoms with Gasteiger partial charge in [-0.25, -0.2) is 4.99 Å². The van der Waals surface area contributed by atoms with Crippen molar-refractivity contribution < 1.29 is 0 Å². The number of hydrogen-bond donors (Lipinski definition) is 0. The van der Waals surface area contributed by atoms with Crippen molar-refractivity contribution in [3.8, 4) is 0 Å². The number of likely N-dealkylation sites (tertiary alicyclic amines) is 1. The fraction of sp³-hybridized carbons (Fsp3) is 0.700. The van der Waals surface area contributed by atoms with Crippen molar-refractivity contribution >= 4 is 5.84 Å². The van der Waals surface area contributed by atoms with E-state index in [0.29, 0.717) is 0 Å². The maximum absolute atomic E-state index is 4.47. The SMILES string of the molecule is CC1=CN=C(N2CCCC2)CC1. The summed E-state index contributed by atoms with van der Waals surface area (Å²) in [7, 11) is 0. The summed E-state index contributed by atoms with van der Waals surface area (Å²) in [4.78, 5) is 6.91. The van der Waals surface area contributed by atoms with Crippen LogP contribution in [0, 0.1) is 0 Å². The molecular weight excluding hydrogens is 148 g/mol. The highest BCUT2D eigenvalue weighted by Crippen LogP contribution is 2.17. The molecule has 2 aliphatic rings. The molecule has 66 valence electrons. The smallest absolute Gasteiger partial charge is 0.104 e. The van der Waals surface area contributed by atoms with Gasteiger partial charge < -0.3 is 4.90 Å². The van der Waals surface area contributed by atoms with Crippen molar-refractivity contribution in [2.24, 2.45) is 4.99 Å². The number of amidine groups is 1.